The highest BCUT2D eigenvalue weighted by atomic mass is 19.1. The second kappa shape index (κ2) is 4.09. The van der Waals surface area contributed by atoms with E-state index in [1.807, 2.05) is 0 Å². The molecule has 86 valence electrons. The molecule has 4 nitrogen and oxygen atoms in total. The van der Waals surface area contributed by atoms with Crippen LogP contribution in [0.2, 0.25) is 0 Å². The van der Waals surface area contributed by atoms with Gasteiger partial charge < -0.3 is 16.0 Å². The molecule has 1 heterocycles. The predicted octanol–water partition coefficient (Wildman–Crippen LogP) is 0.733. The van der Waals surface area contributed by atoms with Gasteiger partial charge in [0.05, 0.1) is 11.7 Å². The van der Waals surface area contributed by atoms with Crippen LogP contribution in [0.1, 0.15) is 6.92 Å². The SMILES string of the molecule is CC1NCCN(c2ccc(N)cc2F)C1=O. The highest BCUT2D eigenvalue weighted by molar-refractivity contribution is 5.97. The summed E-state index contributed by atoms with van der Waals surface area (Å²) in [6.45, 7) is 2.91. The van der Waals surface area contributed by atoms with E-state index < -0.39 is 5.82 Å². The molecule has 3 N–H and O–H groups in total. The number of carbonyl (C=O) groups excluding carboxylic acids is 1. The van der Waals surface area contributed by atoms with Crippen LogP contribution in [0.4, 0.5) is 15.8 Å². The first-order chi connectivity index (χ1) is 7.59. The number of hydrogen-bond acceptors (Lipinski definition) is 3. The number of nitrogens with two attached hydrogens (primary N) is 1. The quantitative estimate of drug-likeness (QED) is 0.690. The van der Waals surface area contributed by atoms with E-state index in [9.17, 15) is 9.18 Å². The zero-order valence-electron chi connectivity index (χ0n) is 9.03. The lowest BCUT2D eigenvalue weighted by molar-refractivity contribution is -0.121. The van der Waals surface area contributed by atoms with Crippen LogP contribution in [-0.4, -0.2) is 25.0 Å². The van der Waals surface area contributed by atoms with E-state index >= 15 is 0 Å². The Morgan fingerprint density at radius 2 is 2.31 bits per heavy atom. The molecular formula is C11H14FN3O. The molecule has 1 atom stereocenters. The fourth-order valence-corrected chi connectivity index (χ4v) is 1.81. The van der Waals surface area contributed by atoms with Crippen molar-refractivity contribution in [3.63, 3.8) is 0 Å². The molecule has 0 aromatic heterocycles. The second-order valence-electron chi connectivity index (χ2n) is 3.88. The second-order valence-corrected chi connectivity index (χ2v) is 3.88. The summed E-state index contributed by atoms with van der Waals surface area (Å²) >= 11 is 0. The van der Waals surface area contributed by atoms with Gasteiger partial charge in [-0.2, -0.15) is 0 Å². The van der Waals surface area contributed by atoms with Gasteiger partial charge in [-0.1, -0.05) is 0 Å². The third-order valence-corrected chi connectivity index (χ3v) is 2.68. The lowest BCUT2D eigenvalue weighted by atomic mass is 10.1. The molecule has 0 aliphatic carbocycles. The van der Waals surface area contributed by atoms with Gasteiger partial charge in [-0.3, -0.25) is 4.79 Å². The Hall–Kier alpha value is -1.62. The monoisotopic (exact) mass is 223 g/mol. The number of hydrogen-bond donors (Lipinski definition) is 2. The number of anilines is 2. The van der Waals surface area contributed by atoms with E-state index in [0.29, 0.717) is 24.5 Å². The van der Waals surface area contributed by atoms with Crippen LogP contribution in [0.15, 0.2) is 18.2 Å². The number of nitrogens with zero attached hydrogens (tertiary/aromatic N) is 1. The van der Waals surface area contributed by atoms with E-state index in [2.05, 4.69) is 5.32 Å². The van der Waals surface area contributed by atoms with Crippen LogP contribution in [0.3, 0.4) is 0 Å². The van der Waals surface area contributed by atoms with Crippen LogP contribution in [0.5, 0.6) is 0 Å². The summed E-state index contributed by atoms with van der Waals surface area (Å²) in [7, 11) is 0. The van der Waals surface area contributed by atoms with Crippen molar-refractivity contribution in [3.8, 4) is 0 Å². The van der Waals surface area contributed by atoms with Gasteiger partial charge in [0.2, 0.25) is 5.91 Å². The van der Waals surface area contributed by atoms with Gasteiger partial charge in [0.1, 0.15) is 5.82 Å². The predicted molar refractivity (Wildman–Crippen MR) is 60.6 cm³/mol. The van der Waals surface area contributed by atoms with Gasteiger partial charge in [-0.25, -0.2) is 4.39 Å². The Morgan fingerprint density at radius 1 is 1.56 bits per heavy atom. The van der Waals surface area contributed by atoms with Crippen LogP contribution < -0.4 is 16.0 Å². The zero-order valence-corrected chi connectivity index (χ0v) is 9.03. The molecule has 5 heteroatoms. The van der Waals surface area contributed by atoms with Gasteiger partial charge in [0.15, 0.2) is 0 Å². The smallest absolute Gasteiger partial charge is 0.243 e. The molecule has 1 aliphatic heterocycles. The maximum absolute atomic E-state index is 13.6. The summed E-state index contributed by atoms with van der Waals surface area (Å²) in [5.74, 6) is -0.572. The normalized spacial score (nSPS) is 21.2. The Kier molecular flexibility index (Phi) is 2.78. The Balaban J connectivity index is 2.32. The topological polar surface area (TPSA) is 58.4 Å². The summed E-state index contributed by atoms with van der Waals surface area (Å²) in [4.78, 5) is 13.3. The number of benzene rings is 1. The van der Waals surface area contributed by atoms with Crippen molar-refractivity contribution in [3.05, 3.63) is 24.0 Å². The summed E-state index contributed by atoms with van der Waals surface area (Å²) in [5.41, 5.74) is 6.12. The van der Waals surface area contributed by atoms with E-state index in [4.69, 9.17) is 5.73 Å². The van der Waals surface area contributed by atoms with Crippen LogP contribution in [0, 0.1) is 5.82 Å². The molecular weight excluding hydrogens is 209 g/mol. The van der Waals surface area contributed by atoms with E-state index in [-0.39, 0.29) is 11.9 Å². The van der Waals surface area contributed by atoms with Gasteiger partial charge >= 0.3 is 0 Å². The minimum atomic E-state index is -0.456. The Morgan fingerprint density at radius 3 is 3.00 bits per heavy atom. The highest BCUT2D eigenvalue weighted by Crippen LogP contribution is 2.23. The van der Waals surface area contributed by atoms with Crippen molar-refractivity contribution >= 4 is 17.3 Å². The van der Waals surface area contributed by atoms with Crippen molar-refractivity contribution < 1.29 is 9.18 Å². The number of nitrogen functional groups attached to an aromatic ring is 1. The largest absolute Gasteiger partial charge is 0.399 e. The molecule has 0 spiro atoms. The van der Waals surface area contributed by atoms with E-state index in [0.717, 1.165) is 0 Å². The minimum Gasteiger partial charge on any atom is -0.399 e. The zero-order chi connectivity index (χ0) is 11.7. The summed E-state index contributed by atoms with van der Waals surface area (Å²) in [6, 6.07) is 4.10. The average Bonchev–Trinajstić information content (AvgIpc) is 2.23. The number of piperazine rings is 1. The molecule has 0 saturated carbocycles. The number of nitrogens with one attached hydrogen (secondary N) is 1. The summed E-state index contributed by atoms with van der Waals surface area (Å²) in [5, 5.41) is 3.02. The third-order valence-electron chi connectivity index (χ3n) is 2.68. The van der Waals surface area contributed by atoms with Crippen molar-refractivity contribution in [2.45, 2.75) is 13.0 Å². The maximum atomic E-state index is 13.6. The van der Waals surface area contributed by atoms with Crippen molar-refractivity contribution in [2.75, 3.05) is 23.7 Å². The molecule has 1 fully saturated rings. The first-order valence-corrected chi connectivity index (χ1v) is 5.19. The summed E-state index contributed by atoms with van der Waals surface area (Å²) < 4.78 is 13.6. The van der Waals surface area contributed by atoms with Gasteiger partial charge in [0, 0.05) is 18.8 Å². The molecule has 1 unspecified atom stereocenters. The van der Waals surface area contributed by atoms with Gasteiger partial charge in [0.25, 0.3) is 0 Å². The van der Waals surface area contributed by atoms with Crippen molar-refractivity contribution in [2.24, 2.45) is 0 Å². The van der Waals surface area contributed by atoms with E-state index in [1.54, 1.807) is 19.1 Å². The average molecular weight is 223 g/mol. The first kappa shape index (κ1) is 10.9. The molecule has 1 amide bonds. The fraction of sp³-hybridized carbons (Fsp3) is 0.364. The fourth-order valence-electron chi connectivity index (χ4n) is 1.81. The molecule has 1 aromatic carbocycles. The van der Waals surface area contributed by atoms with Crippen LogP contribution in [-0.2, 0) is 4.79 Å². The lowest BCUT2D eigenvalue weighted by Gasteiger charge is -2.31. The molecule has 16 heavy (non-hydrogen) atoms. The first-order valence-electron chi connectivity index (χ1n) is 5.19. The number of halogens is 1. The van der Waals surface area contributed by atoms with Crippen LogP contribution >= 0.6 is 0 Å². The summed E-state index contributed by atoms with van der Waals surface area (Å²) in [6.07, 6.45) is 0. The van der Waals surface area contributed by atoms with Gasteiger partial charge in [-0.05, 0) is 25.1 Å². The highest BCUT2D eigenvalue weighted by Gasteiger charge is 2.27. The Labute approximate surface area is 93.2 Å². The molecule has 1 aliphatic rings. The minimum absolute atomic E-state index is 0.116. The molecule has 0 bridgehead atoms. The maximum Gasteiger partial charge on any atom is 0.243 e. The number of rotatable bonds is 1. The third kappa shape index (κ3) is 1.86. The standard InChI is InChI=1S/C11H14FN3O/c1-7-11(16)15(5-4-14-7)10-3-2-8(13)6-9(10)12/h2-3,6-7,14H,4-5,13H2,1H3. The molecule has 2 rings (SSSR count). The van der Waals surface area contributed by atoms with Crippen molar-refractivity contribution in [1.29, 1.82) is 0 Å². The van der Waals surface area contributed by atoms with E-state index in [1.165, 1.54) is 11.0 Å². The van der Waals surface area contributed by atoms with Crippen molar-refractivity contribution in [1.82, 2.24) is 5.32 Å². The number of amides is 1. The molecule has 1 saturated heterocycles. The Bertz CT molecular complexity index is 422. The lowest BCUT2D eigenvalue weighted by Crippen LogP contribution is -2.54. The number of carbonyl (C=O) groups is 1. The molecule has 0 radical (unpaired) electrons. The van der Waals surface area contributed by atoms with Gasteiger partial charge in [-0.15, -0.1) is 0 Å². The molecule has 1 aromatic rings. The van der Waals surface area contributed by atoms with Crippen LogP contribution in [0.25, 0.3) is 0 Å².